The second-order valence-corrected chi connectivity index (χ2v) is 5.07. The third-order valence-electron chi connectivity index (χ3n) is 2.95. The summed E-state index contributed by atoms with van der Waals surface area (Å²) in [6.07, 6.45) is 3.38. The summed E-state index contributed by atoms with van der Waals surface area (Å²) < 4.78 is 1.06. The number of anilines is 2. The van der Waals surface area contributed by atoms with Gasteiger partial charge in [0.05, 0.1) is 21.9 Å². The summed E-state index contributed by atoms with van der Waals surface area (Å²) in [5, 5.41) is 13.4. The van der Waals surface area contributed by atoms with Crippen LogP contribution in [-0.2, 0) is 0 Å². The number of benzene rings is 1. The lowest BCUT2D eigenvalue weighted by molar-refractivity contribution is 1.12. The van der Waals surface area contributed by atoms with Crippen molar-refractivity contribution < 1.29 is 0 Å². The van der Waals surface area contributed by atoms with Gasteiger partial charge in [-0.05, 0) is 29.6 Å². The first-order valence-electron chi connectivity index (χ1n) is 5.78. The zero-order chi connectivity index (χ0) is 12.7. The monoisotopic (exact) mass is 267 g/mol. The molecular formula is C13H9N5S. The van der Waals surface area contributed by atoms with Crippen molar-refractivity contribution >= 4 is 44.0 Å². The SMILES string of the molecule is c1nc(Nc2ccc3[nH]ncc3c2)c2sccc2n1. The van der Waals surface area contributed by atoms with Crippen LogP contribution >= 0.6 is 11.3 Å². The van der Waals surface area contributed by atoms with Crippen molar-refractivity contribution in [3.8, 4) is 0 Å². The van der Waals surface area contributed by atoms with E-state index >= 15 is 0 Å². The molecule has 1 aromatic carbocycles. The summed E-state index contributed by atoms with van der Waals surface area (Å²) in [6.45, 7) is 0. The minimum absolute atomic E-state index is 0.836. The van der Waals surface area contributed by atoms with Gasteiger partial charge in [0.2, 0.25) is 0 Å². The molecule has 0 radical (unpaired) electrons. The van der Waals surface area contributed by atoms with Gasteiger partial charge < -0.3 is 5.32 Å². The summed E-state index contributed by atoms with van der Waals surface area (Å²) in [7, 11) is 0. The van der Waals surface area contributed by atoms with Gasteiger partial charge in [-0.3, -0.25) is 5.10 Å². The Balaban J connectivity index is 1.79. The maximum Gasteiger partial charge on any atom is 0.151 e. The van der Waals surface area contributed by atoms with E-state index in [4.69, 9.17) is 0 Å². The van der Waals surface area contributed by atoms with Crippen LogP contribution < -0.4 is 5.32 Å². The molecule has 0 saturated heterocycles. The first-order valence-corrected chi connectivity index (χ1v) is 6.66. The third-order valence-corrected chi connectivity index (χ3v) is 3.86. The number of aromatic amines is 1. The molecule has 4 rings (SSSR count). The highest BCUT2D eigenvalue weighted by Crippen LogP contribution is 2.28. The van der Waals surface area contributed by atoms with E-state index in [-0.39, 0.29) is 0 Å². The van der Waals surface area contributed by atoms with Gasteiger partial charge >= 0.3 is 0 Å². The van der Waals surface area contributed by atoms with Gasteiger partial charge in [0, 0.05) is 11.1 Å². The molecule has 0 amide bonds. The molecule has 92 valence electrons. The van der Waals surface area contributed by atoms with Crippen LogP contribution in [0.15, 0.2) is 42.2 Å². The second-order valence-electron chi connectivity index (χ2n) is 4.15. The van der Waals surface area contributed by atoms with Crippen molar-refractivity contribution in [1.29, 1.82) is 0 Å². The molecule has 0 aliphatic heterocycles. The molecule has 0 atom stereocenters. The topological polar surface area (TPSA) is 66.5 Å². The Bertz CT molecular complexity index is 863. The van der Waals surface area contributed by atoms with Crippen molar-refractivity contribution in [2.75, 3.05) is 5.32 Å². The standard InChI is InChI=1S/C13H9N5S/c1-2-10-8(6-16-18-10)5-9(1)17-13-12-11(3-4-19-12)14-7-15-13/h1-7H,(H,16,18)(H,14,15,17). The van der Waals surface area contributed by atoms with Crippen LogP contribution in [0.1, 0.15) is 0 Å². The molecular weight excluding hydrogens is 258 g/mol. The van der Waals surface area contributed by atoms with Crippen LogP contribution in [0.5, 0.6) is 0 Å². The Morgan fingerprint density at radius 2 is 2.16 bits per heavy atom. The van der Waals surface area contributed by atoms with Crippen LogP contribution in [0, 0.1) is 0 Å². The Hall–Kier alpha value is -2.47. The van der Waals surface area contributed by atoms with E-state index in [0.717, 1.165) is 32.6 Å². The van der Waals surface area contributed by atoms with Crippen molar-refractivity contribution in [2.24, 2.45) is 0 Å². The number of aromatic nitrogens is 4. The van der Waals surface area contributed by atoms with Crippen molar-refractivity contribution in [1.82, 2.24) is 20.2 Å². The van der Waals surface area contributed by atoms with Gasteiger partial charge in [-0.2, -0.15) is 5.10 Å². The van der Waals surface area contributed by atoms with E-state index in [9.17, 15) is 0 Å². The molecule has 3 aromatic heterocycles. The number of hydrogen-bond donors (Lipinski definition) is 2. The molecule has 3 heterocycles. The van der Waals surface area contributed by atoms with Gasteiger partial charge in [0.25, 0.3) is 0 Å². The number of nitrogens with one attached hydrogen (secondary N) is 2. The van der Waals surface area contributed by atoms with E-state index in [2.05, 4.69) is 25.5 Å². The lowest BCUT2D eigenvalue weighted by Crippen LogP contribution is -1.94. The van der Waals surface area contributed by atoms with Gasteiger partial charge in [-0.1, -0.05) is 0 Å². The zero-order valence-corrected chi connectivity index (χ0v) is 10.6. The molecule has 0 spiro atoms. The molecule has 6 heteroatoms. The normalized spacial score (nSPS) is 11.2. The van der Waals surface area contributed by atoms with Crippen molar-refractivity contribution in [3.05, 3.63) is 42.2 Å². The fraction of sp³-hybridized carbons (Fsp3) is 0. The molecule has 0 aliphatic rings. The second kappa shape index (κ2) is 4.03. The predicted molar refractivity (Wildman–Crippen MR) is 76.8 cm³/mol. The maximum absolute atomic E-state index is 4.31. The van der Waals surface area contributed by atoms with E-state index in [1.54, 1.807) is 23.9 Å². The number of H-pyrrole nitrogens is 1. The van der Waals surface area contributed by atoms with E-state index < -0.39 is 0 Å². The summed E-state index contributed by atoms with van der Waals surface area (Å²) in [5.74, 6) is 0.836. The Labute approximate surface area is 112 Å². The van der Waals surface area contributed by atoms with E-state index in [1.165, 1.54) is 0 Å². The van der Waals surface area contributed by atoms with Crippen LogP contribution in [0.2, 0.25) is 0 Å². The van der Waals surface area contributed by atoms with E-state index in [0.29, 0.717) is 0 Å². The van der Waals surface area contributed by atoms with Gasteiger partial charge in [-0.15, -0.1) is 11.3 Å². The fourth-order valence-corrected chi connectivity index (χ4v) is 2.82. The van der Waals surface area contributed by atoms with Crippen LogP contribution in [0.25, 0.3) is 21.1 Å². The first kappa shape index (κ1) is 10.5. The third kappa shape index (κ3) is 1.73. The average Bonchev–Trinajstić information content (AvgIpc) is 3.06. The number of fused-ring (bicyclic) bond motifs is 2. The molecule has 0 aliphatic carbocycles. The summed E-state index contributed by atoms with van der Waals surface area (Å²) in [4.78, 5) is 8.54. The highest BCUT2D eigenvalue weighted by Gasteiger charge is 2.05. The fourth-order valence-electron chi connectivity index (χ4n) is 2.04. The number of thiophene rings is 1. The number of rotatable bonds is 2. The first-order chi connectivity index (χ1) is 9.40. The molecule has 4 aromatic rings. The smallest absolute Gasteiger partial charge is 0.151 e. The van der Waals surface area contributed by atoms with Gasteiger partial charge in [0.1, 0.15) is 6.33 Å². The maximum atomic E-state index is 4.31. The molecule has 0 unspecified atom stereocenters. The summed E-state index contributed by atoms with van der Waals surface area (Å²) >= 11 is 1.63. The zero-order valence-electron chi connectivity index (χ0n) is 9.79. The highest BCUT2D eigenvalue weighted by molar-refractivity contribution is 7.17. The van der Waals surface area contributed by atoms with Crippen molar-refractivity contribution in [3.63, 3.8) is 0 Å². The molecule has 2 N–H and O–H groups in total. The van der Waals surface area contributed by atoms with E-state index in [1.807, 2.05) is 29.6 Å². The van der Waals surface area contributed by atoms with Gasteiger partial charge in [-0.25, -0.2) is 9.97 Å². The predicted octanol–water partition coefficient (Wildman–Crippen LogP) is 3.31. The molecule has 5 nitrogen and oxygen atoms in total. The highest BCUT2D eigenvalue weighted by atomic mass is 32.1. The number of nitrogens with zero attached hydrogens (tertiary/aromatic N) is 3. The Morgan fingerprint density at radius 1 is 1.16 bits per heavy atom. The molecule has 19 heavy (non-hydrogen) atoms. The largest absolute Gasteiger partial charge is 0.339 e. The Kier molecular flexibility index (Phi) is 2.22. The molecule has 0 fully saturated rings. The average molecular weight is 267 g/mol. The minimum Gasteiger partial charge on any atom is -0.339 e. The lowest BCUT2D eigenvalue weighted by atomic mass is 10.2. The van der Waals surface area contributed by atoms with Crippen LogP contribution in [0.3, 0.4) is 0 Å². The van der Waals surface area contributed by atoms with Crippen molar-refractivity contribution in [2.45, 2.75) is 0 Å². The van der Waals surface area contributed by atoms with Crippen LogP contribution in [0.4, 0.5) is 11.5 Å². The minimum atomic E-state index is 0.836. The quantitative estimate of drug-likeness (QED) is 0.584. The van der Waals surface area contributed by atoms with Gasteiger partial charge in [0.15, 0.2) is 5.82 Å². The number of hydrogen-bond acceptors (Lipinski definition) is 5. The Morgan fingerprint density at radius 3 is 3.16 bits per heavy atom. The molecule has 0 bridgehead atoms. The summed E-state index contributed by atoms with van der Waals surface area (Å²) in [5.41, 5.74) is 2.98. The van der Waals surface area contributed by atoms with Crippen LogP contribution in [-0.4, -0.2) is 20.2 Å². The molecule has 0 saturated carbocycles. The lowest BCUT2D eigenvalue weighted by Gasteiger charge is -2.06. The summed E-state index contributed by atoms with van der Waals surface area (Å²) in [6, 6.07) is 8.03.